The number of nitrogens with zero attached hydrogens (tertiary/aromatic N) is 1. The van der Waals surface area contributed by atoms with Crippen LogP contribution in [0.25, 0.3) is 28.1 Å². The van der Waals surface area contributed by atoms with Gasteiger partial charge in [-0.25, -0.2) is 0 Å². The van der Waals surface area contributed by atoms with E-state index >= 15 is 0 Å². The molecule has 0 aliphatic carbocycles. The number of pyridine rings is 1. The first-order valence-corrected chi connectivity index (χ1v) is 8.74. The highest BCUT2D eigenvalue weighted by atomic mass is 16.5. The largest absolute Gasteiger partial charge is 0.497 e. The monoisotopic (exact) mass is 336 g/mol. The second-order valence-electron chi connectivity index (χ2n) is 6.47. The molecule has 1 aliphatic rings. The third kappa shape index (κ3) is 2.23. The number of fused-ring (bicyclic) bond motifs is 5. The first-order valence-electron chi connectivity index (χ1n) is 8.74. The van der Waals surface area contributed by atoms with Crippen molar-refractivity contribution in [2.24, 2.45) is 0 Å². The molecule has 2 nitrogen and oxygen atoms in total. The summed E-state index contributed by atoms with van der Waals surface area (Å²) in [7, 11) is 1.69. The fraction of sp³-hybridized carbons (Fsp3) is 0.0417. The van der Waals surface area contributed by atoms with Crippen molar-refractivity contribution in [2.75, 3.05) is 7.11 Å². The Kier molecular flexibility index (Phi) is 3.36. The van der Waals surface area contributed by atoms with Gasteiger partial charge >= 0.3 is 0 Å². The van der Waals surface area contributed by atoms with Crippen molar-refractivity contribution in [2.45, 2.75) is 0 Å². The average Bonchev–Trinajstić information content (AvgIpc) is 3.03. The molecule has 1 aromatic heterocycles. The van der Waals surface area contributed by atoms with Crippen LogP contribution in [0.2, 0.25) is 0 Å². The smallest absolute Gasteiger partial charge is 0.227 e. The Morgan fingerprint density at radius 1 is 0.808 bits per heavy atom. The number of hydrogen-bond acceptors (Lipinski definition) is 1. The summed E-state index contributed by atoms with van der Waals surface area (Å²) in [5, 5.41) is 2.53. The summed E-state index contributed by atoms with van der Waals surface area (Å²) in [5.74, 6) is 0.874. The molecule has 124 valence electrons. The summed E-state index contributed by atoms with van der Waals surface area (Å²) < 4.78 is 7.58. The minimum absolute atomic E-state index is 0.874. The van der Waals surface area contributed by atoms with Gasteiger partial charge < -0.3 is 4.74 Å². The second kappa shape index (κ2) is 5.85. The first-order chi connectivity index (χ1) is 12.8. The van der Waals surface area contributed by atoms with E-state index in [9.17, 15) is 0 Å². The van der Waals surface area contributed by atoms with Crippen molar-refractivity contribution in [3.63, 3.8) is 0 Å². The fourth-order valence-electron chi connectivity index (χ4n) is 3.74. The van der Waals surface area contributed by atoms with Gasteiger partial charge in [-0.3, -0.25) is 0 Å². The van der Waals surface area contributed by atoms with E-state index in [2.05, 4.69) is 83.6 Å². The van der Waals surface area contributed by atoms with Gasteiger partial charge in [-0.2, -0.15) is 4.57 Å². The topological polar surface area (TPSA) is 13.1 Å². The summed E-state index contributed by atoms with van der Waals surface area (Å²) in [6.45, 7) is 0. The third-order valence-electron chi connectivity index (χ3n) is 5.00. The maximum absolute atomic E-state index is 5.28. The molecule has 26 heavy (non-hydrogen) atoms. The zero-order valence-electron chi connectivity index (χ0n) is 14.5. The van der Waals surface area contributed by atoms with E-state index in [4.69, 9.17) is 4.74 Å². The molecule has 4 aromatic rings. The Bertz CT molecular complexity index is 1160. The molecule has 0 radical (unpaired) electrons. The lowest BCUT2D eigenvalue weighted by Gasteiger charge is -2.03. The predicted octanol–water partition coefficient (Wildman–Crippen LogP) is 5.03. The molecule has 0 saturated carbocycles. The Morgan fingerprint density at radius 3 is 2.42 bits per heavy atom. The van der Waals surface area contributed by atoms with Crippen LogP contribution < -0.4 is 9.30 Å². The molecule has 0 spiro atoms. The molecule has 2 heteroatoms. The lowest BCUT2D eigenvalue weighted by molar-refractivity contribution is -0.592. The van der Waals surface area contributed by atoms with Crippen molar-refractivity contribution in [3.8, 4) is 11.4 Å². The molecule has 0 N–H and O–H groups in total. The van der Waals surface area contributed by atoms with Gasteiger partial charge in [0, 0.05) is 12.1 Å². The van der Waals surface area contributed by atoms with Crippen LogP contribution in [0.3, 0.4) is 0 Å². The zero-order valence-corrected chi connectivity index (χ0v) is 14.5. The Morgan fingerprint density at radius 2 is 1.58 bits per heavy atom. The number of benzene rings is 3. The lowest BCUT2D eigenvalue weighted by atomic mass is 9.98. The number of hydrogen-bond donors (Lipinski definition) is 0. The molecule has 0 unspecified atom stereocenters. The number of rotatable bonds is 2. The van der Waals surface area contributed by atoms with E-state index in [0.717, 1.165) is 11.3 Å². The Balaban J connectivity index is 1.80. The lowest BCUT2D eigenvalue weighted by Crippen LogP contribution is -2.30. The van der Waals surface area contributed by atoms with Crippen molar-refractivity contribution < 1.29 is 9.30 Å². The third-order valence-corrected chi connectivity index (χ3v) is 5.00. The zero-order chi connectivity index (χ0) is 17.5. The number of para-hydroxylation sites is 1. The molecule has 0 saturated heterocycles. The van der Waals surface area contributed by atoms with Crippen molar-refractivity contribution in [1.29, 1.82) is 0 Å². The highest BCUT2D eigenvalue weighted by Gasteiger charge is 2.33. The van der Waals surface area contributed by atoms with Crippen molar-refractivity contribution >= 4 is 22.4 Å². The van der Waals surface area contributed by atoms with E-state index in [1.807, 2.05) is 12.1 Å². The van der Waals surface area contributed by atoms with Gasteiger partial charge in [0.15, 0.2) is 6.20 Å². The molecule has 0 fully saturated rings. The van der Waals surface area contributed by atoms with E-state index < -0.39 is 0 Å². The minimum atomic E-state index is 0.874. The van der Waals surface area contributed by atoms with E-state index in [1.54, 1.807) is 7.11 Å². The van der Waals surface area contributed by atoms with Crippen LogP contribution in [0.5, 0.6) is 5.75 Å². The standard InChI is InChI=1S/C24H18NO/c1-26-19-12-10-17(11-13-19)16-22-21-8-4-5-9-23(21)25-15-14-18-6-2-3-7-20(18)24(22)25/h2-16H,1H3/q+1. The highest BCUT2D eigenvalue weighted by molar-refractivity contribution is 6.02. The first kappa shape index (κ1) is 14.9. The molecule has 0 atom stereocenters. The van der Waals surface area contributed by atoms with Gasteiger partial charge in [0.1, 0.15) is 5.75 Å². The van der Waals surface area contributed by atoms with Crippen LogP contribution in [0.15, 0.2) is 85.1 Å². The Labute approximate surface area is 152 Å². The summed E-state index contributed by atoms with van der Waals surface area (Å²) in [4.78, 5) is 0. The van der Waals surface area contributed by atoms with Gasteiger partial charge in [-0.15, -0.1) is 0 Å². The molecular weight excluding hydrogens is 318 g/mol. The number of methoxy groups -OCH3 is 1. The predicted molar refractivity (Wildman–Crippen MR) is 105 cm³/mol. The van der Waals surface area contributed by atoms with Crippen molar-refractivity contribution in [3.05, 3.63) is 102 Å². The number of aromatic nitrogens is 1. The molecule has 0 bridgehead atoms. The van der Waals surface area contributed by atoms with Crippen LogP contribution in [-0.4, -0.2) is 7.11 Å². The van der Waals surface area contributed by atoms with E-state index in [1.165, 1.54) is 33.3 Å². The molecule has 2 heterocycles. The van der Waals surface area contributed by atoms with Gasteiger partial charge in [0.05, 0.1) is 23.6 Å². The number of ether oxygens (including phenoxy) is 1. The molecule has 3 aromatic carbocycles. The maximum atomic E-state index is 5.28. The molecular formula is C24H18NO+. The molecule has 1 aliphatic heterocycles. The van der Waals surface area contributed by atoms with Crippen LogP contribution in [0, 0.1) is 0 Å². The summed E-state index contributed by atoms with van der Waals surface area (Å²) >= 11 is 0. The second-order valence-corrected chi connectivity index (χ2v) is 6.47. The van der Waals surface area contributed by atoms with E-state index in [-0.39, 0.29) is 0 Å². The van der Waals surface area contributed by atoms with Gasteiger partial charge in [0.2, 0.25) is 11.4 Å². The minimum Gasteiger partial charge on any atom is -0.497 e. The van der Waals surface area contributed by atoms with Gasteiger partial charge in [-0.05, 0) is 41.3 Å². The van der Waals surface area contributed by atoms with E-state index in [0.29, 0.717) is 0 Å². The van der Waals surface area contributed by atoms with Crippen LogP contribution in [-0.2, 0) is 0 Å². The van der Waals surface area contributed by atoms with Gasteiger partial charge in [0.25, 0.3) is 0 Å². The van der Waals surface area contributed by atoms with Gasteiger partial charge in [-0.1, -0.05) is 42.5 Å². The Hall–Kier alpha value is -3.39. The normalized spacial score (nSPS) is 13.7. The summed E-state index contributed by atoms with van der Waals surface area (Å²) in [6, 6.07) is 27.6. The van der Waals surface area contributed by atoms with Crippen LogP contribution in [0.4, 0.5) is 0 Å². The molecule has 5 rings (SSSR count). The highest BCUT2D eigenvalue weighted by Crippen LogP contribution is 2.36. The quantitative estimate of drug-likeness (QED) is 0.412. The maximum Gasteiger partial charge on any atom is 0.227 e. The van der Waals surface area contributed by atoms with Crippen molar-refractivity contribution in [1.82, 2.24) is 0 Å². The molecule has 0 amide bonds. The average molecular weight is 336 g/mol. The summed E-state index contributed by atoms with van der Waals surface area (Å²) in [5.41, 5.74) is 6.16. The fourth-order valence-corrected chi connectivity index (χ4v) is 3.74. The summed E-state index contributed by atoms with van der Waals surface area (Å²) in [6.07, 6.45) is 4.44. The van der Waals surface area contributed by atoms with Crippen LogP contribution >= 0.6 is 0 Å². The SMILES string of the molecule is COc1ccc(C=C2c3ccccc3-[n+]3ccc4ccccc4c32)cc1. The van der Waals surface area contributed by atoms with Crippen LogP contribution in [0.1, 0.15) is 16.8 Å².